The van der Waals surface area contributed by atoms with E-state index >= 15 is 0 Å². The van der Waals surface area contributed by atoms with Crippen LogP contribution in [0, 0.1) is 6.92 Å². The molecule has 2 aromatic carbocycles. The van der Waals surface area contributed by atoms with Gasteiger partial charge in [0, 0.05) is 22.8 Å². The average molecular weight is 479 g/mol. The minimum absolute atomic E-state index is 0.121. The van der Waals surface area contributed by atoms with Crippen LogP contribution in [0.2, 0.25) is 0 Å². The zero-order valence-corrected chi connectivity index (χ0v) is 18.8. The van der Waals surface area contributed by atoms with Crippen LogP contribution in [-0.2, 0) is 12.2 Å². The molecule has 0 saturated carbocycles. The number of hydrogen-bond acceptors (Lipinski definition) is 5. The maximum absolute atomic E-state index is 12.8. The molecule has 0 unspecified atom stereocenters. The number of ketones is 1. The summed E-state index contributed by atoms with van der Waals surface area (Å²) in [7, 11) is 0. The first kappa shape index (κ1) is 19.5. The number of rotatable bonds is 4. The number of thioether (sulfide) groups is 1. The van der Waals surface area contributed by atoms with Gasteiger partial charge in [0.25, 0.3) is 5.78 Å². The lowest BCUT2D eigenvalue weighted by Crippen LogP contribution is -2.21. The van der Waals surface area contributed by atoms with Crippen molar-refractivity contribution >= 4 is 39.3 Å². The molecule has 4 aromatic rings. The lowest BCUT2D eigenvalue weighted by atomic mass is 9.82. The van der Waals surface area contributed by atoms with Crippen molar-refractivity contribution in [3.05, 3.63) is 87.1 Å². The summed E-state index contributed by atoms with van der Waals surface area (Å²) in [4.78, 5) is 22.1. The Morgan fingerprint density at radius 3 is 2.60 bits per heavy atom. The van der Waals surface area contributed by atoms with E-state index in [-0.39, 0.29) is 11.7 Å². The van der Waals surface area contributed by atoms with E-state index in [1.165, 1.54) is 16.7 Å². The van der Waals surface area contributed by atoms with Crippen molar-refractivity contribution < 1.29 is 4.79 Å². The Kier molecular flexibility index (Phi) is 5.16. The number of hydrogen-bond donors (Lipinski definition) is 0. The molecule has 0 radical (unpaired) electrons. The van der Waals surface area contributed by atoms with E-state index in [4.69, 9.17) is 4.98 Å². The summed E-state index contributed by atoms with van der Waals surface area (Å²) in [5, 5.41) is 5.18. The predicted molar refractivity (Wildman–Crippen MR) is 121 cm³/mol. The number of Topliss-reactive ketones (excluding diaryl/α,β-unsaturated/α-hetero) is 1. The summed E-state index contributed by atoms with van der Waals surface area (Å²) in [5.74, 6) is 1.60. The minimum Gasteiger partial charge on any atom is -0.294 e. The van der Waals surface area contributed by atoms with E-state index in [0.29, 0.717) is 22.9 Å². The fraction of sp³-hybridized carbons (Fsp3) is 0.217. The monoisotopic (exact) mass is 478 g/mol. The molecule has 0 amide bonds. The first-order chi connectivity index (χ1) is 14.5. The number of carbonyl (C=O) groups excluding carboxylic acids is 1. The second kappa shape index (κ2) is 7.96. The molecule has 5 rings (SSSR count). The summed E-state index contributed by atoms with van der Waals surface area (Å²) in [5.41, 5.74) is 5.10. The molecular formula is C23H19BrN4OS. The van der Waals surface area contributed by atoms with Crippen LogP contribution in [0.4, 0.5) is 0 Å². The van der Waals surface area contributed by atoms with Crippen molar-refractivity contribution in [1.29, 1.82) is 0 Å². The molecule has 1 atom stereocenters. The second-order valence-corrected chi connectivity index (χ2v) is 9.45. The quantitative estimate of drug-likeness (QED) is 0.367. The van der Waals surface area contributed by atoms with E-state index in [0.717, 1.165) is 22.3 Å². The highest BCUT2D eigenvalue weighted by atomic mass is 79.9. The number of nitrogens with zero attached hydrogens (tertiary/aromatic N) is 4. The van der Waals surface area contributed by atoms with Crippen LogP contribution in [-0.4, -0.2) is 25.4 Å². The van der Waals surface area contributed by atoms with Crippen LogP contribution >= 0.6 is 27.7 Å². The van der Waals surface area contributed by atoms with Crippen LogP contribution < -0.4 is 0 Å². The Hall–Kier alpha value is -2.51. The summed E-state index contributed by atoms with van der Waals surface area (Å²) < 4.78 is 2.69. The Labute approximate surface area is 187 Å². The molecule has 2 aromatic heterocycles. The summed E-state index contributed by atoms with van der Waals surface area (Å²) >= 11 is 5.02. The Bertz CT molecular complexity index is 1230. The van der Waals surface area contributed by atoms with Gasteiger partial charge >= 0.3 is 0 Å². The highest BCUT2D eigenvalue weighted by Crippen LogP contribution is 2.32. The fourth-order valence-electron chi connectivity index (χ4n) is 3.73. The molecular weight excluding hydrogens is 460 g/mol. The van der Waals surface area contributed by atoms with Gasteiger partial charge in [-0.05, 0) is 42.5 Å². The maximum atomic E-state index is 12.8. The van der Waals surface area contributed by atoms with Gasteiger partial charge in [-0.3, -0.25) is 4.79 Å². The van der Waals surface area contributed by atoms with E-state index in [1.54, 1.807) is 22.5 Å². The van der Waals surface area contributed by atoms with E-state index in [2.05, 4.69) is 69.3 Å². The predicted octanol–water partition coefficient (Wildman–Crippen LogP) is 5.40. The van der Waals surface area contributed by atoms with Gasteiger partial charge in [-0.1, -0.05) is 69.7 Å². The summed E-state index contributed by atoms with van der Waals surface area (Å²) in [6.45, 7) is 2.07. The number of carbonyl (C=O) groups is 1. The normalized spacial score (nSPS) is 16.1. The van der Waals surface area contributed by atoms with Crippen molar-refractivity contribution in [1.82, 2.24) is 19.6 Å². The van der Waals surface area contributed by atoms with Crippen molar-refractivity contribution in [3.63, 3.8) is 0 Å². The van der Waals surface area contributed by atoms with Crippen LogP contribution in [0.15, 0.2) is 64.4 Å². The molecule has 1 aliphatic rings. The third kappa shape index (κ3) is 3.91. The SMILES string of the molecule is Cc1ccc([C@H]2CC(=O)c3cn4nc(SCc5ccc(Br)cc5)nc4nc3C2)cc1. The van der Waals surface area contributed by atoms with Crippen LogP contribution in [0.3, 0.4) is 0 Å². The molecule has 0 fully saturated rings. The Morgan fingerprint density at radius 1 is 1.07 bits per heavy atom. The molecule has 2 heterocycles. The van der Waals surface area contributed by atoms with E-state index in [1.807, 2.05) is 12.1 Å². The number of aromatic nitrogens is 4. The lowest BCUT2D eigenvalue weighted by molar-refractivity contribution is 0.0962. The highest BCUT2D eigenvalue weighted by Gasteiger charge is 2.28. The zero-order valence-electron chi connectivity index (χ0n) is 16.4. The standard InChI is InChI=1S/C23H19BrN4OS/c1-14-2-6-16(7-3-14)17-10-20-19(21(29)11-17)12-28-22(25-20)26-23(27-28)30-13-15-4-8-18(24)9-5-15/h2-9,12,17H,10-11,13H2,1H3/t17-/m1/s1. The topological polar surface area (TPSA) is 60.2 Å². The average Bonchev–Trinajstić information content (AvgIpc) is 3.14. The van der Waals surface area contributed by atoms with E-state index in [9.17, 15) is 4.79 Å². The van der Waals surface area contributed by atoms with Crippen molar-refractivity contribution in [2.75, 3.05) is 0 Å². The van der Waals surface area contributed by atoms with Gasteiger partial charge in [-0.25, -0.2) is 9.50 Å². The molecule has 0 spiro atoms. The second-order valence-electron chi connectivity index (χ2n) is 7.59. The van der Waals surface area contributed by atoms with Gasteiger partial charge in [-0.15, -0.1) is 5.10 Å². The van der Waals surface area contributed by atoms with E-state index < -0.39 is 0 Å². The van der Waals surface area contributed by atoms with Gasteiger partial charge in [0.2, 0.25) is 5.16 Å². The van der Waals surface area contributed by atoms with Gasteiger partial charge in [0.15, 0.2) is 5.78 Å². The van der Waals surface area contributed by atoms with Gasteiger partial charge in [0.1, 0.15) is 0 Å². The first-order valence-electron chi connectivity index (χ1n) is 9.78. The Balaban J connectivity index is 1.39. The highest BCUT2D eigenvalue weighted by molar-refractivity contribution is 9.10. The number of aryl methyl sites for hydroxylation is 1. The third-order valence-corrected chi connectivity index (χ3v) is 6.83. The first-order valence-corrected chi connectivity index (χ1v) is 11.6. The lowest BCUT2D eigenvalue weighted by Gasteiger charge is -2.23. The molecule has 1 aliphatic carbocycles. The molecule has 30 heavy (non-hydrogen) atoms. The molecule has 0 saturated heterocycles. The molecule has 150 valence electrons. The van der Waals surface area contributed by atoms with Crippen molar-refractivity contribution in [2.24, 2.45) is 0 Å². The number of benzene rings is 2. The van der Waals surface area contributed by atoms with Gasteiger partial charge in [0.05, 0.1) is 11.3 Å². The van der Waals surface area contributed by atoms with Crippen molar-refractivity contribution in [3.8, 4) is 0 Å². The number of halogens is 1. The smallest absolute Gasteiger partial charge is 0.253 e. The molecule has 0 aliphatic heterocycles. The van der Waals surface area contributed by atoms with Crippen molar-refractivity contribution in [2.45, 2.75) is 36.6 Å². The molecule has 5 nitrogen and oxygen atoms in total. The van der Waals surface area contributed by atoms with Gasteiger partial charge in [-0.2, -0.15) is 4.98 Å². The number of fused-ring (bicyclic) bond motifs is 2. The molecule has 0 N–H and O–H groups in total. The minimum atomic E-state index is 0.121. The van der Waals surface area contributed by atoms with Gasteiger partial charge < -0.3 is 0 Å². The summed E-state index contributed by atoms with van der Waals surface area (Å²) in [6, 6.07) is 16.6. The molecule has 7 heteroatoms. The third-order valence-electron chi connectivity index (χ3n) is 5.39. The fourth-order valence-corrected chi connectivity index (χ4v) is 4.77. The van der Waals surface area contributed by atoms with Crippen LogP contribution in [0.25, 0.3) is 5.78 Å². The Morgan fingerprint density at radius 2 is 1.83 bits per heavy atom. The van der Waals surface area contributed by atoms with Crippen LogP contribution in [0.1, 0.15) is 45.1 Å². The van der Waals surface area contributed by atoms with Crippen LogP contribution in [0.5, 0.6) is 0 Å². The zero-order chi connectivity index (χ0) is 20.7. The summed E-state index contributed by atoms with van der Waals surface area (Å²) in [6.07, 6.45) is 3.04. The maximum Gasteiger partial charge on any atom is 0.253 e. The molecule has 0 bridgehead atoms. The largest absolute Gasteiger partial charge is 0.294 e.